The minimum atomic E-state index is -0.265. The molecule has 0 spiro atoms. The summed E-state index contributed by atoms with van der Waals surface area (Å²) in [5.41, 5.74) is 3.82. The first-order valence-electron chi connectivity index (χ1n) is 8.33. The predicted molar refractivity (Wildman–Crippen MR) is 98.9 cm³/mol. The second-order valence-corrected chi connectivity index (χ2v) is 5.89. The Hall–Kier alpha value is -2.82. The maximum Gasteiger partial charge on any atom is 0.243 e. The largest absolute Gasteiger partial charge is 0.494 e. The highest BCUT2D eigenvalue weighted by molar-refractivity contribution is 5.94. The highest BCUT2D eigenvalue weighted by Gasteiger charge is 2.09. The Bertz CT molecular complexity index is 739. The molecule has 0 unspecified atom stereocenters. The number of anilines is 1. The third-order valence-corrected chi connectivity index (χ3v) is 3.75. The highest BCUT2D eigenvalue weighted by atomic mass is 16.5. The molecule has 0 aliphatic carbocycles. The number of hydrogen-bond donors (Lipinski definition) is 2. The summed E-state index contributed by atoms with van der Waals surface area (Å²) in [5, 5.41) is 5.40. The number of hydrogen-bond acceptors (Lipinski definition) is 3. The molecule has 5 nitrogen and oxygen atoms in total. The Kier molecular flexibility index (Phi) is 6.57. The summed E-state index contributed by atoms with van der Waals surface area (Å²) in [4.78, 5) is 24.0. The number of nitrogens with one attached hydrogen (secondary N) is 2. The van der Waals surface area contributed by atoms with Crippen LogP contribution in [-0.4, -0.2) is 25.0 Å². The topological polar surface area (TPSA) is 67.4 Å². The zero-order valence-electron chi connectivity index (χ0n) is 14.9. The molecular weight excluding hydrogens is 316 g/mol. The van der Waals surface area contributed by atoms with Gasteiger partial charge >= 0.3 is 0 Å². The SMILES string of the molecule is CCOc1ccc(NC(=O)CNC(=O)Cc2cc(C)ccc2C)cc1. The molecule has 0 aliphatic heterocycles. The molecule has 0 saturated heterocycles. The van der Waals surface area contributed by atoms with Gasteiger partial charge in [0, 0.05) is 5.69 Å². The third kappa shape index (κ3) is 5.95. The van der Waals surface area contributed by atoms with Gasteiger partial charge in [0.25, 0.3) is 0 Å². The lowest BCUT2D eigenvalue weighted by Gasteiger charge is -2.09. The van der Waals surface area contributed by atoms with E-state index in [1.165, 1.54) is 0 Å². The average molecular weight is 340 g/mol. The van der Waals surface area contributed by atoms with Gasteiger partial charge < -0.3 is 15.4 Å². The lowest BCUT2D eigenvalue weighted by Crippen LogP contribution is -2.33. The average Bonchev–Trinajstić information content (AvgIpc) is 2.58. The molecule has 2 aromatic rings. The molecule has 0 radical (unpaired) electrons. The van der Waals surface area contributed by atoms with E-state index in [1.54, 1.807) is 24.3 Å². The minimum absolute atomic E-state index is 0.0586. The van der Waals surface area contributed by atoms with Crippen molar-refractivity contribution in [2.24, 2.45) is 0 Å². The van der Waals surface area contributed by atoms with Gasteiger partial charge in [0.2, 0.25) is 11.8 Å². The Labute approximate surface area is 148 Å². The molecule has 0 saturated carbocycles. The quantitative estimate of drug-likeness (QED) is 0.814. The fourth-order valence-electron chi connectivity index (χ4n) is 2.41. The smallest absolute Gasteiger partial charge is 0.243 e. The van der Waals surface area contributed by atoms with Crippen LogP contribution in [0.25, 0.3) is 0 Å². The van der Waals surface area contributed by atoms with Crippen LogP contribution in [-0.2, 0) is 16.0 Å². The molecule has 2 amide bonds. The van der Waals surface area contributed by atoms with Gasteiger partial charge in [0.05, 0.1) is 19.6 Å². The van der Waals surface area contributed by atoms with Crippen molar-refractivity contribution in [2.45, 2.75) is 27.2 Å². The zero-order valence-corrected chi connectivity index (χ0v) is 14.9. The fraction of sp³-hybridized carbons (Fsp3) is 0.300. The standard InChI is InChI=1S/C20H24N2O3/c1-4-25-18-9-7-17(8-10-18)22-20(24)13-21-19(23)12-16-11-14(2)5-6-15(16)3/h5-11H,4,12-13H2,1-3H3,(H,21,23)(H,22,24). The normalized spacial score (nSPS) is 10.2. The molecule has 0 aliphatic rings. The van der Waals surface area contributed by atoms with E-state index in [0.717, 1.165) is 22.4 Å². The van der Waals surface area contributed by atoms with Gasteiger partial charge in [-0.25, -0.2) is 0 Å². The maximum absolute atomic E-state index is 12.0. The van der Waals surface area contributed by atoms with Crippen LogP contribution >= 0.6 is 0 Å². The maximum atomic E-state index is 12.0. The molecule has 25 heavy (non-hydrogen) atoms. The van der Waals surface area contributed by atoms with Gasteiger partial charge in [-0.2, -0.15) is 0 Å². The van der Waals surface area contributed by atoms with Gasteiger partial charge in [-0.1, -0.05) is 23.8 Å². The molecule has 2 N–H and O–H groups in total. The molecule has 0 atom stereocenters. The lowest BCUT2D eigenvalue weighted by molar-refractivity contribution is -0.123. The Morgan fingerprint density at radius 1 is 1.00 bits per heavy atom. The van der Waals surface area contributed by atoms with Gasteiger partial charge in [-0.15, -0.1) is 0 Å². The van der Waals surface area contributed by atoms with Crippen molar-refractivity contribution in [3.63, 3.8) is 0 Å². The molecule has 0 fully saturated rings. The van der Waals surface area contributed by atoms with E-state index in [-0.39, 0.29) is 24.8 Å². The van der Waals surface area contributed by atoms with E-state index in [0.29, 0.717) is 12.3 Å². The van der Waals surface area contributed by atoms with Crippen molar-refractivity contribution < 1.29 is 14.3 Å². The Balaban J connectivity index is 1.80. The summed E-state index contributed by atoms with van der Waals surface area (Å²) in [5.74, 6) is 0.316. The van der Waals surface area contributed by atoms with Crippen LogP contribution in [0.1, 0.15) is 23.6 Å². The van der Waals surface area contributed by atoms with Crippen molar-refractivity contribution in [1.29, 1.82) is 0 Å². The van der Waals surface area contributed by atoms with Crippen LogP contribution in [0.2, 0.25) is 0 Å². The lowest BCUT2D eigenvalue weighted by atomic mass is 10.0. The summed E-state index contributed by atoms with van der Waals surface area (Å²) in [6, 6.07) is 13.1. The number of amides is 2. The van der Waals surface area contributed by atoms with E-state index in [2.05, 4.69) is 10.6 Å². The van der Waals surface area contributed by atoms with Crippen LogP contribution in [0.5, 0.6) is 5.75 Å². The number of rotatable bonds is 7. The van der Waals surface area contributed by atoms with E-state index >= 15 is 0 Å². The number of aryl methyl sites for hydroxylation is 2. The van der Waals surface area contributed by atoms with Crippen LogP contribution in [0.4, 0.5) is 5.69 Å². The van der Waals surface area contributed by atoms with Crippen molar-refractivity contribution in [2.75, 3.05) is 18.5 Å². The van der Waals surface area contributed by atoms with Crippen molar-refractivity contribution in [3.8, 4) is 5.75 Å². The molecule has 2 rings (SSSR count). The second kappa shape index (κ2) is 8.87. The fourth-order valence-corrected chi connectivity index (χ4v) is 2.41. The summed E-state index contributed by atoms with van der Waals surface area (Å²) < 4.78 is 5.35. The van der Waals surface area contributed by atoms with Gasteiger partial charge in [0.1, 0.15) is 5.75 Å². The molecule has 0 heterocycles. The molecule has 132 valence electrons. The minimum Gasteiger partial charge on any atom is -0.494 e. The van der Waals surface area contributed by atoms with Crippen LogP contribution in [0.15, 0.2) is 42.5 Å². The molecule has 2 aromatic carbocycles. The first-order chi connectivity index (χ1) is 12.0. The molecule has 5 heteroatoms. The van der Waals surface area contributed by atoms with Crippen LogP contribution < -0.4 is 15.4 Å². The van der Waals surface area contributed by atoms with Gasteiger partial charge in [-0.05, 0) is 56.2 Å². The number of carbonyl (C=O) groups excluding carboxylic acids is 2. The van der Waals surface area contributed by atoms with Crippen molar-refractivity contribution >= 4 is 17.5 Å². The summed E-state index contributed by atoms with van der Waals surface area (Å²) in [6.45, 7) is 6.41. The van der Waals surface area contributed by atoms with E-state index in [9.17, 15) is 9.59 Å². The van der Waals surface area contributed by atoms with E-state index in [4.69, 9.17) is 4.74 Å². The molecule has 0 bridgehead atoms. The Morgan fingerprint density at radius 2 is 1.72 bits per heavy atom. The summed E-state index contributed by atoms with van der Waals surface area (Å²) in [7, 11) is 0. The van der Waals surface area contributed by atoms with Crippen molar-refractivity contribution in [1.82, 2.24) is 5.32 Å². The van der Waals surface area contributed by atoms with E-state index < -0.39 is 0 Å². The number of benzene rings is 2. The van der Waals surface area contributed by atoms with Crippen LogP contribution in [0.3, 0.4) is 0 Å². The Morgan fingerprint density at radius 3 is 2.40 bits per heavy atom. The molecule has 0 aromatic heterocycles. The van der Waals surface area contributed by atoms with Gasteiger partial charge in [-0.3, -0.25) is 9.59 Å². The first kappa shape index (κ1) is 18.5. The monoisotopic (exact) mass is 340 g/mol. The zero-order chi connectivity index (χ0) is 18.2. The molecular formula is C20H24N2O3. The van der Waals surface area contributed by atoms with Gasteiger partial charge in [0.15, 0.2) is 0 Å². The second-order valence-electron chi connectivity index (χ2n) is 5.89. The summed E-state index contributed by atoms with van der Waals surface area (Å²) >= 11 is 0. The first-order valence-corrected chi connectivity index (χ1v) is 8.33. The van der Waals surface area contributed by atoms with Crippen molar-refractivity contribution in [3.05, 3.63) is 59.2 Å². The van der Waals surface area contributed by atoms with Crippen LogP contribution in [0, 0.1) is 13.8 Å². The third-order valence-electron chi connectivity index (χ3n) is 3.75. The van der Waals surface area contributed by atoms with E-state index in [1.807, 2.05) is 39.0 Å². The highest BCUT2D eigenvalue weighted by Crippen LogP contribution is 2.15. The summed E-state index contributed by atoms with van der Waals surface area (Å²) in [6.07, 6.45) is 0.268. The number of ether oxygens (including phenoxy) is 1. The predicted octanol–water partition coefficient (Wildman–Crippen LogP) is 3.00. The number of carbonyl (C=O) groups is 2.